The van der Waals surface area contributed by atoms with Crippen LogP contribution in [-0.4, -0.2) is 31.4 Å². The highest BCUT2D eigenvalue weighted by molar-refractivity contribution is 6.30. The molecule has 1 heterocycles. The lowest BCUT2D eigenvalue weighted by Crippen LogP contribution is -3.14. The molecule has 1 fully saturated rings. The molecule has 1 aliphatic heterocycles. The fraction of sp³-hybridized carbons (Fsp3) is 0.263. The number of aromatic hydroxyl groups is 1. The third-order valence-electron chi connectivity index (χ3n) is 3.98. The quantitative estimate of drug-likeness (QED) is 0.827. The van der Waals surface area contributed by atoms with Crippen molar-refractivity contribution in [1.29, 1.82) is 0 Å². The van der Waals surface area contributed by atoms with Crippen LogP contribution in [0.5, 0.6) is 5.75 Å². The van der Waals surface area contributed by atoms with Gasteiger partial charge in [-0.2, -0.15) is 0 Å². The third kappa shape index (κ3) is 4.05. The molecule has 0 bridgehead atoms. The van der Waals surface area contributed by atoms with Crippen molar-refractivity contribution in [3.63, 3.8) is 0 Å². The summed E-state index contributed by atoms with van der Waals surface area (Å²) in [5.41, 5.74) is 1.74. The molecule has 0 radical (unpaired) electrons. The minimum absolute atomic E-state index is 0.127. The summed E-state index contributed by atoms with van der Waals surface area (Å²) in [7, 11) is 0. The number of hydrogen-bond donors (Lipinski definition) is 2. The summed E-state index contributed by atoms with van der Waals surface area (Å²) in [5.74, 6) is 6.79. The monoisotopic (exact) mass is 328 g/mol. The molecule has 118 valence electrons. The summed E-state index contributed by atoms with van der Waals surface area (Å²) >= 11 is 6.12. The Morgan fingerprint density at radius 1 is 1.09 bits per heavy atom. The van der Waals surface area contributed by atoms with E-state index in [9.17, 15) is 5.11 Å². The molecule has 1 saturated heterocycles. The second kappa shape index (κ2) is 7.52. The molecule has 0 unspecified atom stereocenters. The highest BCUT2D eigenvalue weighted by Crippen LogP contribution is 2.26. The normalized spacial score (nSPS) is 16.4. The number of rotatable bonds is 2. The Hall–Kier alpha value is -1.99. The van der Waals surface area contributed by atoms with E-state index in [-0.39, 0.29) is 11.8 Å². The molecular formula is C19H19ClNO2+. The summed E-state index contributed by atoms with van der Waals surface area (Å²) in [6.45, 7) is 3.14. The van der Waals surface area contributed by atoms with Gasteiger partial charge in [-0.3, -0.25) is 0 Å². The molecule has 0 amide bonds. The van der Waals surface area contributed by atoms with E-state index in [2.05, 4.69) is 11.8 Å². The molecule has 2 aromatic carbocycles. The standard InChI is InChI=1S/C19H18ClNO2/c20-16-7-9-19(22)17(14-16)18(21-10-12-23-13-11-21)8-6-15-4-2-1-3-5-15/h1-5,7,9,14,18,22H,10-13H2/p+1/t18-/m0/s1. The minimum atomic E-state index is -0.127. The van der Waals surface area contributed by atoms with Gasteiger partial charge < -0.3 is 14.7 Å². The zero-order chi connectivity index (χ0) is 16.1. The van der Waals surface area contributed by atoms with Gasteiger partial charge in [0.2, 0.25) is 0 Å². The highest BCUT2D eigenvalue weighted by Gasteiger charge is 2.27. The Balaban J connectivity index is 1.96. The Morgan fingerprint density at radius 2 is 1.83 bits per heavy atom. The van der Waals surface area contributed by atoms with E-state index in [1.54, 1.807) is 12.1 Å². The average molecular weight is 329 g/mol. The van der Waals surface area contributed by atoms with Crippen molar-refractivity contribution in [1.82, 2.24) is 0 Å². The molecule has 3 nitrogen and oxygen atoms in total. The summed E-state index contributed by atoms with van der Waals surface area (Å²) in [5, 5.41) is 10.9. The summed E-state index contributed by atoms with van der Waals surface area (Å²) < 4.78 is 5.44. The maximum absolute atomic E-state index is 10.3. The van der Waals surface area contributed by atoms with Gasteiger partial charge in [0.1, 0.15) is 18.8 Å². The summed E-state index contributed by atoms with van der Waals surface area (Å²) in [6.07, 6.45) is 0. The highest BCUT2D eigenvalue weighted by atomic mass is 35.5. The second-order valence-electron chi connectivity index (χ2n) is 5.54. The number of phenolic OH excluding ortho intramolecular Hbond substituents is 1. The first kappa shape index (κ1) is 15.9. The van der Waals surface area contributed by atoms with Crippen molar-refractivity contribution in [3.8, 4) is 17.6 Å². The molecule has 1 aliphatic rings. The zero-order valence-corrected chi connectivity index (χ0v) is 13.5. The first-order valence-electron chi connectivity index (χ1n) is 7.71. The fourth-order valence-electron chi connectivity index (χ4n) is 2.76. The van der Waals surface area contributed by atoms with Crippen molar-refractivity contribution < 1.29 is 14.7 Å². The fourth-order valence-corrected chi connectivity index (χ4v) is 2.94. The number of phenols is 1. The van der Waals surface area contributed by atoms with Crippen LogP contribution in [0.15, 0.2) is 48.5 Å². The van der Waals surface area contributed by atoms with Gasteiger partial charge in [0.05, 0.1) is 18.8 Å². The van der Waals surface area contributed by atoms with Crippen LogP contribution in [-0.2, 0) is 4.74 Å². The number of hydrogen-bond acceptors (Lipinski definition) is 2. The Bertz CT molecular complexity index is 715. The van der Waals surface area contributed by atoms with Crippen molar-refractivity contribution in [2.45, 2.75) is 6.04 Å². The van der Waals surface area contributed by atoms with Gasteiger partial charge in [0.15, 0.2) is 6.04 Å². The Kier molecular flexibility index (Phi) is 5.19. The number of morpholine rings is 1. The Morgan fingerprint density at radius 3 is 2.57 bits per heavy atom. The predicted molar refractivity (Wildman–Crippen MR) is 90.7 cm³/mol. The van der Waals surface area contributed by atoms with Gasteiger partial charge in [-0.05, 0) is 36.3 Å². The SMILES string of the molecule is Oc1ccc(Cl)cc1[C@H](C#Cc1ccccc1)[NH+]1CCOCC1. The molecule has 3 rings (SSSR count). The lowest BCUT2D eigenvalue weighted by Gasteiger charge is -2.29. The number of ether oxygens (including phenoxy) is 1. The van der Waals surface area contributed by atoms with E-state index in [0.29, 0.717) is 18.2 Å². The van der Waals surface area contributed by atoms with Crippen LogP contribution in [0.4, 0.5) is 0 Å². The molecule has 0 aliphatic carbocycles. The van der Waals surface area contributed by atoms with Gasteiger partial charge in [-0.1, -0.05) is 35.7 Å². The van der Waals surface area contributed by atoms with Gasteiger partial charge in [-0.15, -0.1) is 0 Å². The number of benzene rings is 2. The Labute approximate surface area is 141 Å². The van der Waals surface area contributed by atoms with E-state index < -0.39 is 0 Å². The molecule has 0 spiro atoms. The second-order valence-corrected chi connectivity index (χ2v) is 5.98. The lowest BCUT2D eigenvalue weighted by atomic mass is 10.0. The number of nitrogens with one attached hydrogen (secondary N) is 1. The summed E-state index contributed by atoms with van der Waals surface area (Å²) in [4.78, 5) is 1.29. The molecule has 23 heavy (non-hydrogen) atoms. The third-order valence-corrected chi connectivity index (χ3v) is 4.21. The van der Waals surface area contributed by atoms with Gasteiger partial charge >= 0.3 is 0 Å². The first-order valence-corrected chi connectivity index (χ1v) is 8.09. The lowest BCUT2D eigenvalue weighted by molar-refractivity contribution is -0.930. The van der Waals surface area contributed by atoms with E-state index >= 15 is 0 Å². The first-order chi connectivity index (χ1) is 11.2. The molecule has 1 atom stereocenters. The van der Waals surface area contributed by atoms with Crippen molar-refractivity contribution in [3.05, 3.63) is 64.7 Å². The van der Waals surface area contributed by atoms with Crippen LogP contribution < -0.4 is 4.90 Å². The van der Waals surface area contributed by atoms with Crippen LogP contribution >= 0.6 is 11.6 Å². The van der Waals surface area contributed by atoms with Crippen molar-refractivity contribution >= 4 is 11.6 Å². The molecule has 2 aromatic rings. The summed E-state index contributed by atoms with van der Waals surface area (Å²) in [6, 6.07) is 14.9. The van der Waals surface area contributed by atoms with Gasteiger partial charge in [0.25, 0.3) is 0 Å². The van der Waals surface area contributed by atoms with E-state index in [0.717, 1.165) is 24.2 Å². The predicted octanol–water partition coefficient (Wildman–Crippen LogP) is 2.05. The van der Waals surface area contributed by atoms with Gasteiger partial charge in [0, 0.05) is 10.6 Å². The molecular weight excluding hydrogens is 310 g/mol. The van der Waals surface area contributed by atoms with Crippen LogP contribution in [0.25, 0.3) is 0 Å². The topological polar surface area (TPSA) is 33.9 Å². The molecule has 0 saturated carbocycles. The maximum atomic E-state index is 10.3. The average Bonchev–Trinajstić information content (AvgIpc) is 2.60. The van der Waals surface area contributed by atoms with Crippen molar-refractivity contribution in [2.24, 2.45) is 0 Å². The largest absolute Gasteiger partial charge is 0.507 e. The maximum Gasteiger partial charge on any atom is 0.179 e. The van der Waals surface area contributed by atoms with E-state index in [1.165, 1.54) is 4.90 Å². The molecule has 0 aromatic heterocycles. The van der Waals surface area contributed by atoms with Crippen LogP contribution in [0, 0.1) is 11.8 Å². The molecule has 4 heteroatoms. The van der Waals surface area contributed by atoms with Crippen molar-refractivity contribution in [2.75, 3.05) is 26.3 Å². The van der Waals surface area contributed by atoms with Gasteiger partial charge in [-0.25, -0.2) is 0 Å². The van der Waals surface area contributed by atoms with E-state index in [1.807, 2.05) is 36.4 Å². The smallest absolute Gasteiger partial charge is 0.179 e. The van der Waals surface area contributed by atoms with E-state index in [4.69, 9.17) is 16.3 Å². The minimum Gasteiger partial charge on any atom is -0.507 e. The van der Waals surface area contributed by atoms with Crippen LogP contribution in [0.3, 0.4) is 0 Å². The van der Waals surface area contributed by atoms with Crippen LogP contribution in [0.2, 0.25) is 5.02 Å². The zero-order valence-electron chi connectivity index (χ0n) is 12.8. The molecule has 2 N–H and O–H groups in total. The van der Waals surface area contributed by atoms with Crippen LogP contribution in [0.1, 0.15) is 17.2 Å². The number of quaternary nitrogens is 1. The number of halogens is 1.